The van der Waals surface area contributed by atoms with Crippen molar-refractivity contribution in [1.29, 1.82) is 0 Å². The molecule has 10 atom stereocenters. The van der Waals surface area contributed by atoms with E-state index in [1.165, 1.54) is 0 Å². The van der Waals surface area contributed by atoms with Crippen molar-refractivity contribution in [3.8, 4) is 0 Å². The number of rotatable bonds is 9. The van der Waals surface area contributed by atoms with Gasteiger partial charge >= 0.3 is 10.4 Å². The van der Waals surface area contributed by atoms with Crippen LogP contribution in [0.3, 0.4) is 0 Å². The van der Waals surface area contributed by atoms with Gasteiger partial charge in [0.05, 0.1) is 19.8 Å². The molecular formula is C19H28O14S. The summed E-state index contributed by atoms with van der Waals surface area (Å²) in [5.41, 5.74) is 0.754. The molecule has 0 aliphatic carbocycles. The summed E-state index contributed by atoms with van der Waals surface area (Å²) in [6.07, 6.45) is -16.9. The number of hydrogen-bond donors (Lipinski definition) is 7. The zero-order valence-corrected chi connectivity index (χ0v) is 18.5. The molecule has 2 aliphatic heterocycles. The van der Waals surface area contributed by atoms with E-state index in [0.717, 1.165) is 5.56 Å². The maximum atomic E-state index is 11.1. The van der Waals surface area contributed by atoms with Crippen LogP contribution in [0.5, 0.6) is 0 Å². The van der Waals surface area contributed by atoms with E-state index in [4.69, 9.17) is 23.5 Å². The van der Waals surface area contributed by atoms with E-state index in [2.05, 4.69) is 4.18 Å². The van der Waals surface area contributed by atoms with Crippen LogP contribution in [0.4, 0.5) is 0 Å². The predicted molar refractivity (Wildman–Crippen MR) is 108 cm³/mol. The first-order valence-electron chi connectivity index (χ1n) is 10.3. The summed E-state index contributed by atoms with van der Waals surface area (Å²) >= 11 is 0. The minimum atomic E-state index is -5.13. The molecule has 0 amide bonds. The monoisotopic (exact) mass is 512 g/mol. The van der Waals surface area contributed by atoms with Crippen molar-refractivity contribution in [2.75, 3.05) is 13.2 Å². The van der Waals surface area contributed by atoms with Crippen molar-refractivity contribution in [3.63, 3.8) is 0 Å². The Hall–Kier alpha value is -1.31. The Labute approximate surface area is 194 Å². The van der Waals surface area contributed by atoms with Crippen LogP contribution in [0.15, 0.2) is 30.3 Å². The van der Waals surface area contributed by atoms with Gasteiger partial charge in [0.15, 0.2) is 12.6 Å². The molecule has 34 heavy (non-hydrogen) atoms. The summed E-state index contributed by atoms with van der Waals surface area (Å²) in [5.74, 6) is 0. The second-order valence-electron chi connectivity index (χ2n) is 7.80. The maximum Gasteiger partial charge on any atom is 0.397 e. The standard InChI is InChI=1S/C19H28O14S/c20-6-10-12(22)17(33-34(26,27)28)15(25)19(30-10)32-16-11(7-21)31-18(14(24)13(16)23)29-8-9-4-2-1-3-5-9/h1-5,10-25H,6-8H2,(H,26,27,28). The third kappa shape index (κ3) is 6.46. The van der Waals surface area contributed by atoms with Gasteiger partial charge in [-0.05, 0) is 5.56 Å². The molecule has 0 spiro atoms. The van der Waals surface area contributed by atoms with Gasteiger partial charge in [-0.3, -0.25) is 4.55 Å². The number of aliphatic hydroxyl groups excluding tert-OH is 6. The second-order valence-corrected chi connectivity index (χ2v) is 8.85. The largest absolute Gasteiger partial charge is 0.397 e. The molecule has 10 unspecified atom stereocenters. The van der Waals surface area contributed by atoms with Gasteiger partial charge in [-0.25, -0.2) is 4.18 Å². The van der Waals surface area contributed by atoms with Gasteiger partial charge < -0.3 is 49.6 Å². The molecule has 0 bridgehead atoms. The molecule has 3 rings (SSSR count). The summed E-state index contributed by atoms with van der Waals surface area (Å²) in [6, 6.07) is 8.88. The van der Waals surface area contributed by atoms with Gasteiger partial charge in [0.2, 0.25) is 0 Å². The Morgan fingerprint density at radius 1 is 0.794 bits per heavy atom. The second kappa shape index (κ2) is 11.6. The Bertz CT molecular complexity index is 867. The van der Waals surface area contributed by atoms with Gasteiger partial charge in [0.1, 0.15) is 48.8 Å². The van der Waals surface area contributed by atoms with E-state index < -0.39 is 85.0 Å². The summed E-state index contributed by atoms with van der Waals surface area (Å²) in [5, 5.41) is 60.7. The van der Waals surface area contributed by atoms with Gasteiger partial charge in [-0.15, -0.1) is 0 Å². The summed E-state index contributed by atoms with van der Waals surface area (Å²) in [6.45, 7) is -1.56. The Kier molecular flexibility index (Phi) is 9.32. The van der Waals surface area contributed by atoms with Crippen LogP contribution in [0, 0.1) is 0 Å². The predicted octanol–water partition coefficient (Wildman–Crippen LogP) is -3.35. The molecule has 0 aromatic heterocycles. The quantitative estimate of drug-likeness (QED) is 0.161. The van der Waals surface area contributed by atoms with E-state index in [1.54, 1.807) is 30.3 Å². The molecule has 2 saturated heterocycles. The third-order valence-corrected chi connectivity index (χ3v) is 5.89. The van der Waals surface area contributed by atoms with Gasteiger partial charge in [-0.2, -0.15) is 8.42 Å². The molecule has 1 aromatic rings. The lowest BCUT2D eigenvalue weighted by atomic mass is 9.97. The van der Waals surface area contributed by atoms with Crippen molar-refractivity contribution in [3.05, 3.63) is 35.9 Å². The average molecular weight is 512 g/mol. The van der Waals surface area contributed by atoms with E-state index in [1.807, 2.05) is 0 Å². The first-order chi connectivity index (χ1) is 16.1. The molecule has 0 saturated carbocycles. The van der Waals surface area contributed by atoms with Crippen LogP contribution >= 0.6 is 0 Å². The third-order valence-electron chi connectivity index (χ3n) is 5.42. The number of hydrogen-bond acceptors (Lipinski definition) is 13. The maximum absolute atomic E-state index is 11.1. The molecule has 14 nitrogen and oxygen atoms in total. The van der Waals surface area contributed by atoms with Crippen molar-refractivity contribution in [2.24, 2.45) is 0 Å². The molecule has 1 aromatic carbocycles. The molecule has 2 heterocycles. The topological polar surface area (TPSA) is 222 Å². The van der Waals surface area contributed by atoms with E-state index in [9.17, 15) is 39.1 Å². The van der Waals surface area contributed by atoms with Crippen molar-refractivity contribution < 1.29 is 66.7 Å². The number of aliphatic hydroxyl groups is 6. The van der Waals surface area contributed by atoms with Crippen LogP contribution in [0.25, 0.3) is 0 Å². The summed E-state index contributed by atoms with van der Waals surface area (Å²) in [4.78, 5) is 0. The molecule has 7 N–H and O–H groups in total. The van der Waals surface area contributed by atoms with Crippen molar-refractivity contribution >= 4 is 10.4 Å². The molecular weight excluding hydrogens is 484 g/mol. The normalized spacial score (nSPS) is 39.1. The van der Waals surface area contributed by atoms with E-state index >= 15 is 0 Å². The van der Waals surface area contributed by atoms with Crippen LogP contribution in [0.1, 0.15) is 5.56 Å². The summed E-state index contributed by atoms with van der Waals surface area (Å²) in [7, 11) is -5.13. The van der Waals surface area contributed by atoms with Gasteiger partial charge in [0.25, 0.3) is 0 Å². The smallest absolute Gasteiger partial charge is 0.394 e. The minimum absolute atomic E-state index is 0.0220. The van der Waals surface area contributed by atoms with Crippen LogP contribution < -0.4 is 0 Å². The average Bonchev–Trinajstić information content (AvgIpc) is 2.80. The zero-order chi connectivity index (χ0) is 25.0. The fourth-order valence-corrected chi connectivity index (χ4v) is 4.19. The lowest BCUT2D eigenvalue weighted by Gasteiger charge is -2.46. The van der Waals surface area contributed by atoms with Crippen LogP contribution in [-0.4, -0.2) is 118 Å². The minimum Gasteiger partial charge on any atom is -0.394 e. The molecule has 15 heteroatoms. The Morgan fingerprint density at radius 2 is 1.41 bits per heavy atom. The lowest BCUT2D eigenvalue weighted by molar-refractivity contribution is -0.359. The highest BCUT2D eigenvalue weighted by Crippen LogP contribution is 2.31. The number of benzene rings is 1. The molecule has 0 radical (unpaired) electrons. The Morgan fingerprint density at radius 3 is 2.00 bits per heavy atom. The van der Waals surface area contributed by atoms with Gasteiger partial charge in [-0.1, -0.05) is 30.3 Å². The summed E-state index contributed by atoms with van der Waals surface area (Å²) < 4.78 is 57.1. The first-order valence-corrected chi connectivity index (χ1v) is 11.6. The molecule has 2 aliphatic rings. The first kappa shape index (κ1) is 27.3. The fraction of sp³-hybridized carbons (Fsp3) is 0.684. The van der Waals surface area contributed by atoms with Crippen molar-refractivity contribution in [1.82, 2.24) is 0 Å². The Balaban J connectivity index is 1.71. The SMILES string of the molecule is O=S(=O)(O)OC1C(O)C(CO)OC(OC2C(CO)OC(OCc3ccccc3)C(O)C2O)C1O. The van der Waals surface area contributed by atoms with Crippen LogP contribution in [-0.2, 0) is 40.1 Å². The zero-order valence-electron chi connectivity index (χ0n) is 17.7. The highest BCUT2D eigenvalue weighted by atomic mass is 32.3. The highest BCUT2D eigenvalue weighted by Gasteiger charge is 2.52. The van der Waals surface area contributed by atoms with Gasteiger partial charge in [0, 0.05) is 0 Å². The van der Waals surface area contributed by atoms with E-state index in [0.29, 0.717) is 0 Å². The lowest BCUT2D eigenvalue weighted by Crippen LogP contribution is -2.65. The number of ether oxygens (including phenoxy) is 4. The molecule has 2 fully saturated rings. The highest BCUT2D eigenvalue weighted by molar-refractivity contribution is 7.80. The molecule has 194 valence electrons. The van der Waals surface area contributed by atoms with E-state index in [-0.39, 0.29) is 6.61 Å². The fourth-order valence-electron chi connectivity index (χ4n) is 3.69. The van der Waals surface area contributed by atoms with Crippen LogP contribution in [0.2, 0.25) is 0 Å². The van der Waals surface area contributed by atoms with Crippen molar-refractivity contribution in [2.45, 2.75) is 68.0 Å².